The second kappa shape index (κ2) is 6.19. The molecule has 0 saturated carbocycles. The van der Waals surface area contributed by atoms with Crippen LogP contribution in [0.3, 0.4) is 0 Å². The molecule has 2 atom stereocenters. The van der Waals surface area contributed by atoms with Crippen molar-refractivity contribution in [1.29, 1.82) is 0 Å². The second-order valence-corrected chi connectivity index (χ2v) is 5.71. The van der Waals surface area contributed by atoms with Crippen molar-refractivity contribution in [1.82, 2.24) is 30.9 Å². The Morgan fingerprint density at radius 2 is 2.38 bits per heavy atom. The highest BCUT2D eigenvalue weighted by Crippen LogP contribution is 2.24. The summed E-state index contributed by atoms with van der Waals surface area (Å²) in [4.78, 5) is 34.7. The molecular formula is C11H13N9O3S. The molecule has 1 aliphatic heterocycles. The molecule has 13 heteroatoms. The predicted octanol–water partition coefficient (Wildman–Crippen LogP) is -1.49. The van der Waals surface area contributed by atoms with E-state index in [4.69, 9.17) is 5.73 Å². The van der Waals surface area contributed by atoms with E-state index < -0.39 is 11.9 Å². The molecule has 1 aliphatic rings. The molecule has 24 heavy (non-hydrogen) atoms. The first-order valence-corrected chi connectivity index (χ1v) is 7.61. The third-order valence-corrected chi connectivity index (χ3v) is 4.08. The van der Waals surface area contributed by atoms with E-state index in [2.05, 4.69) is 40.9 Å². The van der Waals surface area contributed by atoms with E-state index in [9.17, 15) is 9.59 Å². The number of nitrogen functional groups attached to an aromatic ring is 1. The molecule has 126 valence electrons. The van der Waals surface area contributed by atoms with Crippen LogP contribution in [-0.4, -0.2) is 62.3 Å². The van der Waals surface area contributed by atoms with Crippen LogP contribution >= 0.6 is 11.3 Å². The zero-order valence-electron chi connectivity index (χ0n) is 12.6. The number of tetrazole rings is 1. The summed E-state index contributed by atoms with van der Waals surface area (Å²) in [7, 11) is 1.30. The Morgan fingerprint density at radius 3 is 2.92 bits per heavy atom. The molecule has 12 nitrogen and oxygen atoms in total. The maximum absolute atomic E-state index is 12.4. The van der Waals surface area contributed by atoms with Gasteiger partial charge in [-0.2, -0.15) is 0 Å². The largest absolute Gasteiger partial charge is 0.398 e. The zero-order valence-corrected chi connectivity index (χ0v) is 13.4. The molecule has 2 aromatic heterocycles. The van der Waals surface area contributed by atoms with Crippen LogP contribution < -0.4 is 16.0 Å². The van der Waals surface area contributed by atoms with Gasteiger partial charge in [0.25, 0.3) is 11.8 Å². The highest BCUT2D eigenvalue weighted by molar-refractivity contribution is 7.13. The van der Waals surface area contributed by atoms with Crippen molar-refractivity contribution in [3.8, 4) is 0 Å². The van der Waals surface area contributed by atoms with Gasteiger partial charge < -0.3 is 15.9 Å². The standard InChI is InChI=1S/C11H13N9O3S/c1-4-6(9(22)20(4)11-15-18-19-16-11)14-8(21)7(17-23-2)5-3-24-10(12)13-5/h3-4,6H,1-2H3,(H2,12,13)(H,14,21)(H,15,16,18,19)/b17-7-. The highest BCUT2D eigenvalue weighted by atomic mass is 32.1. The molecule has 2 unspecified atom stereocenters. The van der Waals surface area contributed by atoms with E-state index in [1.807, 2.05) is 0 Å². The van der Waals surface area contributed by atoms with Crippen molar-refractivity contribution in [2.75, 3.05) is 17.7 Å². The fourth-order valence-corrected chi connectivity index (χ4v) is 2.81. The number of amides is 2. The van der Waals surface area contributed by atoms with Crippen molar-refractivity contribution >= 4 is 39.9 Å². The van der Waals surface area contributed by atoms with Crippen LogP contribution in [-0.2, 0) is 14.4 Å². The first-order chi connectivity index (χ1) is 11.5. The summed E-state index contributed by atoms with van der Waals surface area (Å²) in [6.07, 6.45) is 0. The third-order valence-electron chi connectivity index (χ3n) is 3.40. The number of nitrogens with two attached hydrogens (primary N) is 1. The van der Waals surface area contributed by atoms with Crippen molar-refractivity contribution in [2.45, 2.75) is 19.0 Å². The molecule has 0 bridgehead atoms. The lowest BCUT2D eigenvalue weighted by molar-refractivity contribution is -0.130. The number of aromatic amines is 1. The van der Waals surface area contributed by atoms with Crippen LogP contribution in [0.25, 0.3) is 0 Å². The number of nitrogens with one attached hydrogen (secondary N) is 2. The maximum atomic E-state index is 12.4. The Hall–Kier alpha value is -3.09. The average molecular weight is 351 g/mol. The lowest BCUT2D eigenvalue weighted by atomic mass is 9.97. The normalized spacial score (nSPS) is 20.7. The fourth-order valence-electron chi connectivity index (χ4n) is 2.26. The van der Waals surface area contributed by atoms with E-state index in [1.54, 1.807) is 12.3 Å². The first kappa shape index (κ1) is 15.8. The Kier molecular flexibility index (Phi) is 4.07. The summed E-state index contributed by atoms with van der Waals surface area (Å²) in [5.74, 6) is -0.720. The Labute approximate surface area is 139 Å². The van der Waals surface area contributed by atoms with Gasteiger partial charge in [0.05, 0.1) is 6.04 Å². The van der Waals surface area contributed by atoms with Crippen LogP contribution in [0.1, 0.15) is 12.6 Å². The fraction of sp³-hybridized carbons (Fsp3) is 0.364. The highest BCUT2D eigenvalue weighted by Gasteiger charge is 2.48. The first-order valence-electron chi connectivity index (χ1n) is 6.73. The van der Waals surface area contributed by atoms with Crippen LogP contribution in [0.2, 0.25) is 0 Å². The lowest BCUT2D eigenvalue weighted by Gasteiger charge is -2.43. The summed E-state index contributed by atoms with van der Waals surface area (Å²) in [6.45, 7) is 1.75. The Bertz CT molecular complexity index is 787. The quantitative estimate of drug-likeness (QED) is 0.333. The van der Waals surface area contributed by atoms with Crippen molar-refractivity contribution in [3.63, 3.8) is 0 Å². The summed E-state index contributed by atoms with van der Waals surface area (Å²) in [5.41, 5.74) is 5.77. The number of oxime groups is 1. The monoisotopic (exact) mass is 351 g/mol. The smallest absolute Gasteiger partial charge is 0.276 e. The number of carbonyl (C=O) groups excluding carboxylic acids is 2. The minimum atomic E-state index is -0.736. The van der Waals surface area contributed by atoms with Gasteiger partial charge in [0.2, 0.25) is 5.95 Å². The molecule has 4 N–H and O–H groups in total. The van der Waals surface area contributed by atoms with Crippen LogP contribution in [0.4, 0.5) is 11.1 Å². The lowest BCUT2D eigenvalue weighted by Crippen LogP contribution is -2.70. The number of rotatable bonds is 5. The van der Waals surface area contributed by atoms with E-state index >= 15 is 0 Å². The average Bonchev–Trinajstić information content (AvgIpc) is 3.22. The van der Waals surface area contributed by atoms with Crippen LogP contribution in [0.5, 0.6) is 0 Å². The Morgan fingerprint density at radius 1 is 1.58 bits per heavy atom. The molecule has 0 aliphatic carbocycles. The van der Waals surface area contributed by atoms with E-state index in [-0.39, 0.29) is 29.3 Å². The zero-order chi connectivity index (χ0) is 17.3. The van der Waals surface area contributed by atoms with Gasteiger partial charge in [0, 0.05) is 5.38 Å². The molecule has 3 rings (SSSR count). The minimum Gasteiger partial charge on any atom is -0.398 e. The van der Waals surface area contributed by atoms with E-state index in [1.165, 1.54) is 12.0 Å². The van der Waals surface area contributed by atoms with Crippen LogP contribution in [0, 0.1) is 0 Å². The number of hydrogen-bond acceptors (Lipinski definition) is 10. The number of nitrogens with zero attached hydrogens (tertiary/aromatic N) is 6. The molecule has 3 heterocycles. The second-order valence-electron chi connectivity index (χ2n) is 4.82. The molecular weight excluding hydrogens is 338 g/mol. The van der Waals surface area contributed by atoms with Gasteiger partial charge in [0.15, 0.2) is 10.8 Å². The number of thiazole rings is 1. The van der Waals surface area contributed by atoms with E-state index in [0.29, 0.717) is 5.13 Å². The number of H-pyrrole nitrogens is 1. The summed E-state index contributed by atoms with van der Waals surface area (Å²) in [6, 6.07) is -1.07. The number of hydrogen-bond donors (Lipinski definition) is 3. The Balaban J connectivity index is 1.72. The summed E-state index contributed by atoms with van der Waals surface area (Å²) < 4.78 is 0. The molecule has 1 fully saturated rings. The number of anilines is 2. The van der Waals surface area contributed by atoms with Gasteiger partial charge in [-0.1, -0.05) is 10.3 Å². The molecule has 0 spiro atoms. The number of β-lactam (4-membered cyclic amide) rings is 1. The maximum Gasteiger partial charge on any atom is 0.276 e. The molecule has 0 aromatic carbocycles. The molecule has 1 saturated heterocycles. The summed E-state index contributed by atoms with van der Waals surface area (Å²) >= 11 is 1.16. The van der Waals surface area contributed by atoms with Crippen molar-refractivity contribution in [3.05, 3.63) is 11.1 Å². The van der Waals surface area contributed by atoms with Crippen molar-refractivity contribution < 1.29 is 14.4 Å². The van der Waals surface area contributed by atoms with Gasteiger partial charge in [-0.25, -0.2) is 10.1 Å². The van der Waals surface area contributed by atoms with Gasteiger partial charge in [0.1, 0.15) is 18.8 Å². The van der Waals surface area contributed by atoms with Gasteiger partial charge >= 0.3 is 0 Å². The third kappa shape index (κ3) is 2.64. The molecule has 0 radical (unpaired) electrons. The van der Waals surface area contributed by atoms with Crippen molar-refractivity contribution in [2.24, 2.45) is 5.16 Å². The van der Waals surface area contributed by atoms with Gasteiger partial charge in [-0.15, -0.1) is 11.3 Å². The van der Waals surface area contributed by atoms with Gasteiger partial charge in [-0.3, -0.25) is 14.5 Å². The van der Waals surface area contributed by atoms with Gasteiger partial charge in [-0.05, 0) is 17.4 Å². The topological polar surface area (TPSA) is 164 Å². The number of aromatic nitrogens is 5. The SMILES string of the molecule is CO/N=C(\C(=O)NC1C(=O)N(c2nnn[nH]2)C1C)c1csc(N)n1. The summed E-state index contributed by atoms with van der Waals surface area (Å²) in [5, 5.41) is 21.1. The molecule has 2 amide bonds. The molecule has 2 aromatic rings. The van der Waals surface area contributed by atoms with Crippen LogP contribution in [0.15, 0.2) is 10.5 Å². The predicted molar refractivity (Wildman–Crippen MR) is 83.1 cm³/mol. The minimum absolute atomic E-state index is 0.0646. The number of carbonyl (C=O) groups is 2. The van der Waals surface area contributed by atoms with E-state index in [0.717, 1.165) is 11.3 Å².